The van der Waals surface area contributed by atoms with Gasteiger partial charge in [-0.2, -0.15) is 5.26 Å². The Bertz CT molecular complexity index is 395. The molecule has 3 heteroatoms. The predicted octanol–water partition coefficient (Wildman–Crippen LogP) is 3.14. The van der Waals surface area contributed by atoms with E-state index in [4.69, 9.17) is 5.26 Å². The normalized spacial score (nSPS) is 24.1. The second-order valence-electron chi connectivity index (χ2n) is 3.77. The lowest BCUT2D eigenvalue weighted by Gasteiger charge is -2.07. The first-order valence-corrected chi connectivity index (χ1v) is 5.46. The van der Waals surface area contributed by atoms with Crippen LogP contribution in [0.15, 0.2) is 22.7 Å². The molecule has 1 aromatic rings. The minimum atomic E-state index is 0.559. The van der Waals surface area contributed by atoms with E-state index in [1.807, 2.05) is 18.2 Å². The van der Waals surface area contributed by atoms with E-state index < -0.39 is 0 Å². The van der Waals surface area contributed by atoms with E-state index in [1.165, 1.54) is 6.42 Å². The van der Waals surface area contributed by atoms with E-state index in [2.05, 4.69) is 34.2 Å². The number of benzene rings is 1. The zero-order chi connectivity index (χ0) is 10.1. The smallest absolute Gasteiger partial charge is 0.101 e. The van der Waals surface area contributed by atoms with Crippen molar-refractivity contribution in [3.63, 3.8) is 0 Å². The molecule has 0 bridgehead atoms. The summed E-state index contributed by atoms with van der Waals surface area (Å²) < 4.78 is 0.948. The summed E-state index contributed by atoms with van der Waals surface area (Å²) >= 11 is 3.35. The van der Waals surface area contributed by atoms with Crippen molar-refractivity contribution in [2.45, 2.75) is 19.4 Å². The molecule has 2 atom stereocenters. The fourth-order valence-corrected chi connectivity index (χ4v) is 1.82. The third-order valence-corrected chi connectivity index (χ3v) is 3.05. The fourth-order valence-electron chi connectivity index (χ4n) is 1.46. The second kappa shape index (κ2) is 3.62. The summed E-state index contributed by atoms with van der Waals surface area (Å²) in [6, 6.07) is 8.50. The maximum absolute atomic E-state index is 8.93. The van der Waals surface area contributed by atoms with Crippen LogP contribution < -0.4 is 5.32 Å². The fraction of sp³-hybridized carbons (Fsp3) is 0.364. The summed E-state index contributed by atoms with van der Waals surface area (Å²) in [6.07, 6.45) is 1.21. The molecule has 14 heavy (non-hydrogen) atoms. The van der Waals surface area contributed by atoms with Crippen molar-refractivity contribution in [3.8, 4) is 6.07 Å². The number of rotatable bonds is 2. The summed E-state index contributed by atoms with van der Waals surface area (Å²) in [4.78, 5) is 0. The molecule has 2 rings (SSSR count). The van der Waals surface area contributed by atoms with Gasteiger partial charge in [-0.05, 0) is 30.5 Å². The lowest BCUT2D eigenvalue weighted by molar-refractivity contribution is 0.929. The number of nitrogens with one attached hydrogen (secondary N) is 1. The topological polar surface area (TPSA) is 35.8 Å². The lowest BCUT2D eigenvalue weighted by Crippen LogP contribution is -2.04. The number of hydrogen-bond acceptors (Lipinski definition) is 2. The van der Waals surface area contributed by atoms with E-state index >= 15 is 0 Å². The predicted molar refractivity (Wildman–Crippen MR) is 60.0 cm³/mol. The van der Waals surface area contributed by atoms with Gasteiger partial charge in [0.1, 0.15) is 6.07 Å². The first-order valence-electron chi connectivity index (χ1n) is 4.67. The average Bonchev–Trinajstić information content (AvgIpc) is 2.85. The minimum absolute atomic E-state index is 0.559. The Kier molecular flexibility index (Phi) is 2.47. The van der Waals surface area contributed by atoms with Gasteiger partial charge in [-0.3, -0.25) is 0 Å². The van der Waals surface area contributed by atoms with Gasteiger partial charge in [0.05, 0.1) is 11.3 Å². The van der Waals surface area contributed by atoms with Gasteiger partial charge < -0.3 is 5.32 Å². The maximum atomic E-state index is 8.93. The van der Waals surface area contributed by atoms with E-state index in [1.54, 1.807) is 0 Å². The summed E-state index contributed by atoms with van der Waals surface area (Å²) in [5.74, 6) is 0.741. The van der Waals surface area contributed by atoms with E-state index in [0.29, 0.717) is 11.6 Å². The molecular weight excluding hydrogens is 240 g/mol. The van der Waals surface area contributed by atoms with Crippen molar-refractivity contribution >= 4 is 21.6 Å². The third-order valence-electron chi connectivity index (χ3n) is 2.55. The van der Waals surface area contributed by atoms with Gasteiger partial charge in [-0.15, -0.1) is 0 Å². The van der Waals surface area contributed by atoms with Crippen LogP contribution in [0.3, 0.4) is 0 Å². The Morgan fingerprint density at radius 2 is 2.29 bits per heavy atom. The highest BCUT2D eigenvalue weighted by Crippen LogP contribution is 2.34. The zero-order valence-electron chi connectivity index (χ0n) is 7.92. The Balaban J connectivity index is 2.20. The molecule has 1 aliphatic rings. The van der Waals surface area contributed by atoms with Gasteiger partial charge in [-0.25, -0.2) is 0 Å². The molecule has 0 saturated heterocycles. The van der Waals surface area contributed by atoms with Crippen LogP contribution >= 0.6 is 15.9 Å². The van der Waals surface area contributed by atoms with Crippen molar-refractivity contribution in [3.05, 3.63) is 28.2 Å². The van der Waals surface area contributed by atoms with Crippen LogP contribution in [-0.4, -0.2) is 6.04 Å². The SMILES string of the molecule is CC1CC1Nc1ccc(Br)cc1C#N. The van der Waals surface area contributed by atoms with E-state index in [-0.39, 0.29) is 0 Å². The van der Waals surface area contributed by atoms with Gasteiger partial charge in [0, 0.05) is 10.5 Å². The van der Waals surface area contributed by atoms with Gasteiger partial charge in [0.2, 0.25) is 0 Å². The summed E-state index contributed by atoms with van der Waals surface area (Å²) in [6.45, 7) is 2.21. The van der Waals surface area contributed by atoms with Gasteiger partial charge in [0.15, 0.2) is 0 Å². The van der Waals surface area contributed by atoms with E-state index in [0.717, 1.165) is 16.1 Å². The monoisotopic (exact) mass is 250 g/mol. The van der Waals surface area contributed by atoms with Crippen molar-refractivity contribution < 1.29 is 0 Å². The summed E-state index contributed by atoms with van der Waals surface area (Å²) in [5, 5.41) is 12.3. The van der Waals surface area contributed by atoms with Crippen LogP contribution in [0.4, 0.5) is 5.69 Å². The molecule has 0 spiro atoms. The molecule has 0 heterocycles. The zero-order valence-corrected chi connectivity index (χ0v) is 9.51. The highest BCUT2D eigenvalue weighted by Gasteiger charge is 2.32. The number of nitrogens with zero attached hydrogens (tertiary/aromatic N) is 1. The van der Waals surface area contributed by atoms with Gasteiger partial charge in [-0.1, -0.05) is 22.9 Å². The highest BCUT2D eigenvalue weighted by molar-refractivity contribution is 9.10. The maximum Gasteiger partial charge on any atom is 0.101 e. The number of nitriles is 1. The Morgan fingerprint density at radius 3 is 2.86 bits per heavy atom. The van der Waals surface area contributed by atoms with Crippen LogP contribution in [0, 0.1) is 17.2 Å². The van der Waals surface area contributed by atoms with Gasteiger partial charge >= 0.3 is 0 Å². The molecule has 1 fully saturated rings. The first kappa shape index (κ1) is 9.54. The molecule has 1 saturated carbocycles. The van der Waals surface area contributed by atoms with Crippen molar-refractivity contribution in [2.24, 2.45) is 5.92 Å². The van der Waals surface area contributed by atoms with Crippen LogP contribution in [0.25, 0.3) is 0 Å². The Labute approximate surface area is 92.1 Å². The Hall–Kier alpha value is -1.01. The van der Waals surface area contributed by atoms with Crippen LogP contribution in [0.2, 0.25) is 0 Å². The quantitative estimate of drug-likeness (QED) is 0.876. The largest absolute Gasteiger partial charge is 0.381 e. The molecular formula is C11H11BrN2. The standard InChI is InChI=1S/C11H11BrN2/c1-7-4-11(7)14-10-3-2-9(12)5-8(10)6-13/h2-3,5,7,11,14H,4H2,1H3. The van der Waals surface area contributed by atoms with Crippen LogP contribution in [0.5, 0.6) is 0 Å². The minimum Gasteiger partial charge on any atom is -0.381 e. The molecule has 2 unspecified atom stereocenters. The molecule has 1 aromatic carbocycles. The highest BCUT2D eigenvalue weighted by atomic mass is 79.9. The first-order chi connectivity index (χ1) is 6.70. The summed E-state index contributed by atoms with van der Waals surface area (Å²) in [7, 11) is 0. The molecule has 0 radical (unpaired) electrons. The van der Waals surface area contributed by atoms with E-state index in [9.17, 15) is 0 Å². The molecule has 1 N–H and O–H groups in total. The Morgan fingerprint density at radius 1 is 1.57 bits per heavy atom. The molecule has 0 amide bonds. The molecule has 0 aliphatic heterocycles. The van der Waals surface area contributed by atoms with Crippen LogP contribution in [0.1, 0.15) is 18.9 Å². The van der Waals surface area contributed by atoms with Gasteiger partial charge in [0.25, 0.3) is 0 Å². The van der Waals surface area contributed by atoms with Crippen molar-refractivity contribution in [2.75, 3.05) is 5.32 Å². The van der Waals surface area contributed by atoms with Crippen LogP contribution in [-0.2, 0) is 0 Å². The molecule has 2 nitrogen and oxygen atoms in total. The average molecular weight is 251 g/mol. The third kappa shape index (κ3) is 1.91. The molecule has 72 valence electrons. The van der Waals surface area contributed by atoms with Crippen molar-refractivity contribution in [1.29, 1.82) is 5.26 Å². The summed E-state index contributed by atoms with van der Waals surface area (Å²) in [5.41, 5.74) is 1.66. The lowest BCUT2D eigenvalue weighted by atomic mass is 10.2. The second-order valence-corrected chi connectivity index (χ2v) is 4.68. The number of anilines is 1. The molecule has 0 aromatic heterocycles. The number of halogens is 1. The molecule has 1 aliphatic carbocycles. The van der Waals surface area contributed by atoms with Crippen molar-refractivity contribution in [1.82, 2.24) is 0 Å². The number of hydrogen-bond donors (Lipinski definition) is 1.